The monoisotopic (exact) mass is 345 g/mol. The average molecular weight is 345 g/mol. The summed E-state index contributed by atoms with van der Waals surface area (Å²) >= 11 is 6.39. The molecule has 0 bridgehead atoms. The number of carbonyl (C=O) groups is 1. The smallest absolute Gasteiger partial charge is 0.270 e. The Kier molecular flexibility index (Phi) is 4.45. The van der Waals surface area contributed by atoms with E-state index < -0.39 is 5.82 Å². The summed E-state index contributed by atoms with van der Waals surface area (Å²) in [6.07, 6.45) is 1.74. The van der Waals surface area contributed by atoms with Crippen molar-refractivity contribution in [2.45, 2.75) is 0 Å². The van der Waals surface area contributed by atoms with Crippen LogP contribution in [0.4, 0.5) is 10.1 Å². The van der Waals surface area contributed by atoms with Crippen molar-refractivity contribution in [3.63, 3.8) is 0 Å². The lowest BCUT2D eigenvalue weighted by Gasteiger charge is -2.14. The van der Waals surface area contributed by atoms with Gasteiger partial charge in [0.2, 0.25) is 0 Å². The summed E-state index contributed by atoms with van der Waals surface area (Å²) in [6.45, 7) is 0. The van der Waals surface area contributed by atoms with Crippen LogP contribution in [0, 0.1) is 5.82 Å². The molecule has 0 spiro atoms. The Morgan fingerprint density at radius 1 is 1.17 bits per heavy atom. The molecular weight excluding hydrogens is 333 g/mol. The summed E-state index contributed by atoms with van der Waals surface area (Å²) in [5.41, 5.74) is 1.02. The molecule has 0 aliphatic carbocycles. The standard InChI is InChI=1S/C17H12FNO2S2/c1-21-12-8-6-11(7-9-12)10-15-16(20)19(17(22)23-15)14-5-3-2-4-13(14)18/h2-10H,1H3/b15-10+. The molecule has 3 rings (SSSR count). The first-order valence-corrected chi connectivity index (χ1v) is 7.99. The van der Waals surface area contributed by atoms with Crippen molar-refractivity contribution in [1.29, 1.82) is 0 Å². The predicted molar refractivity (Wildman–Crippen MR) is 95.0 cm³/mol. The third-order valence-corrected chi connectivity index (χ3v) is 4.60. The van der Waals surface area contributed by atoms with Crippen molar-refractivity contribution in [1.82, 2.24) is 0 Å². The van der Waals surface area contributed by atoms with Crippen molar-refractivity contribution in [3.8, 4) is 5.75 Å². The molecular formula is C17H12FNO2S2. The first-order chi connectivity index (χ1) is 11.1. The molecule has 6 heteroatoms. The minimum absolute atomic E-state index is 0.174. The zero-order valence-electron chi connectivity index (χ0n) is 12.2. The number of amides is 1. The molecule has 1 fully saturated rings. The van der Waals surface area contributed by atoms with Crippen LogP contribution in [-0.2, 0) is 4.79 Å². The Bertz CT molecular complexity index is 802. The van der Waals surface area contributed by atoms with E-state index in [1.165, 1.54) is 17.0 Å². The first kappa shape index (κ1) is 15.7. The van der Waals surface area contributed by atoms with Crippen LogP contribution >= 0.6 is 24.0 Å². The number of hydrogen-bond acceptors (Lipinski definition) is 4. The van der Waals surface area contributed by atoms with Crippen molar-refractivity contribution in [2.24, 2.45) is 0 Å². The third-order valence-electron chi connectivity index (χ3n) is 3.30. The van der Waals surface area contributed by atoms with E-state index in [0.717, 1.165) is 23.1 Å². The van der Waals surface area contributed by atoms with Crippen LogP contribution in [0.2, 0.25) is 0 Å². The number of hydrogen-bond donors (Lipinski definition) is 0. The van der Waals surface area contributed by atoms with E-state index in [2.05, 4.69) is 0 Å². The lowest BCUT2D eigenvalue weighted by molar-refractivity contribution is -0.113. The van der Waals surface area contributed by atoms with Gasteiger partial charge in [-0.05, 0) is 35.9 Å². The molecule has 2 aromatic rings. The van der Waals surface area contributed by atoms with E-state index in [9.17, 15) is 9.18 Å². The van der Waals surface area contributed by atoms with Gasteiger partial charge in [-0.25, -0.2) is 4.39 Å². The number of thiocarbonyl (C=S) groups is 1. The second kappa shape index (κ2) is 6.52. The molecule has 0 N–H and O–H groups in total. The summed E-state index contributed by atoms with van der Waals surface area (Å²) in [6, 6.07) is 13.4. The van der Waals surface area contributed by atoms with Crippen LogP contribution in [0.25, 0.3) is 6.08 Å². The van der Waals surface area contributed by atoms with Crippen LogP contribution in [0.3, 0.4) is 0 Å². The maximum Gasteiger partial charge on any atom is 0.270 e. The molecule has 116 valence electrons. The van der Waals surface area contributed by atoms with E-state index in [1.54, 1.807) is 25.3 Å². The number of ether oxygens (including phenoxy) is 1. The van der Waals surface area contributed by atoms with Gasteiger partial charge in [-0.3, -0.25) is 9.69 Å². The minimum Gasteiger partial charge on any atom is -0.497 e. The van der Waals surface area contributed by atoms with E-state index in [1.807, 2.05) is 24.3 Å². The Balaban J connectivity index is 1.91. The van der Waals surface area contributed by atoms with Gasteiger partial charge in [-0.2, -0.15) is 0 Å². The van der Waals surface area contributed by atoms with Gasteiger partial charge in [0.25, 0.3) is 5.91 Å². The highest BCUT2D eigenvalue weighted by Crippen LogP contribution is 2.37. The molecule has 23 heavy (non-hydrogen) atoms. The van der Waals surface area contributed by atoms with E-state index in [-0.39, 0.29) is 11.6 Å². The van der Waals surface area contributed by atoms with Gasteiger partial charge in [-0.1, -0.05) is 48.2 Å². The molecule has 0 atom stereocenters. The fourth-order valence-corrected chi connectivity index (χ4v) is 3.44. The molecule has 0 saturated carbocycles. The van der Waals surface area contributed by atoms with Gasteiger partial charge in [-0.15, -0.1) is 0 Å². The topological polar surface area (TPSA) is 29.5 Å². The minimum atomic E-state index is -0.477. The molecule has 1 saturated heterocycles. The van der Waals surface area contributed by atoms with Crippen molar-refractivity contribution in [3.05, 3.63) is 64.8 Å². The van der Waals surface area contributed by atoms with Gasteiger partial charge in [0.15, 0.2) is 4.32 Å². The normalized spacial score (nSPS) is 16.3. The Labute approximate surface area is 142 Å². The zero-order valence-corrected chi connectivity index (χ0v) is 13.8. The fourth-order valence-electron chi connectivity index (χ4n) is 2.16. The molecule has 2 aromatic carbocycles. The summed E-state index contributed by atoms with van der Waals surface area (Å²) in [5, 5.41) is 0. The van der Waals surface area contributed by atoms with Crippen LogP contribution < -0.4 is 9.64 Å². The van der Waals surface area contributed by atoms with E-state index in [0.29, 0.717) is 9.23 Å². The highest BCUT2D eigenvalue weighted by atomic mass is 32.2. The number of benzene rings is 2. The first-order valence-electron chi connectivity index (χ1n) is 6.76. The number of nitrogens with zero attached hydrogens (tertiary/aromatic N) is 1. The second-order valence-corrected chi connectivity index (χ2v) is 6.42. The Morgan fingerprint density at radius 3 is 2.52 bits per heavy atom. The molecule has 1 amide bonds. The van der Waals surface area contributed by atoms with Crippen LogP contribution in [0.1, 0.15) is 5.56 Å². The van der Waals surface area contributed by atoms with Crippen molar-refractivity contribution < 1.29 is 13.9 Å². The Morgan fingerprint density at radius 2 is 1.87 bits per heavy atom. The maximum atomic E-state index is 13.9. The van der Waals surface area contributed by atoms with Gasteiger partial charge >= 0.3 is 0 Å². The highest BCUT2D eigenvalue weighted by molar-refractivity contribution is 8.27. The predicted octanol–water partition coefficient (Wildman–Crippen LogP) is 4.24. The third kappa shape index (κ3) is 3.13. The number of rotatable bonds is 3. The summed E-state index contributed by atoms with van der Waals surface area (Å²) in [5.74, 6) is -0.0588. The largest absolute Gasteiger partial charge is 0.497 e. The highest BCUT2D eigenvalue weighted by Gasteiger charge is 2.34. The molecule has 3 nitrogen and oxygen atoms in total. The van der Waals surface area contributed by atoms with Gasteiger partial charge in [0, 0.05) is 0 Å². The SMILES string of the molecule is COc1ccc(/C=C2/SC(=S)N(c3ccccc3F)C2=O)cc1. The average Bonchev–Trinajstić information content (AvgIpc) is 2.83. The Hall–Kier alpha value is -2.18. The van der Waals surface area contributed by atoms with Gasteiger partial charge in [0.05, 0.1) is 17.7 Å². The fraction of sp³-hybridized carbons (Fsp3) is 0.0588. The number of para-hydroxylation sites is 1. The van der Waals surface area contributed by atoms with Crippen LogP contribution in [-0.4, -0.2) is 17.3 Å². The summed E-state index contributed by atoms with van der Waals surface area (Å²) < 4.78 is 19.4. The van der Waals surface area contributed by atoms with Gasteiger partial charge in [0.1, 0.15) is 11.6 Å². The van der Waals surface area contributed by atoms with Crippen LogP contribution in [0.15, 0.2) is 53.4 Å². The van der Waals surface area contributed by atoms with E-state index in [4.69, 9.17) is 17.0 Å². The summed E-state index contributed by atoms with van der Waals surface area (Å²) in [4.78, 5) is 14.2. The maximum absolute atomic E-state index is 13.9. The molecule has 0 aromatic heterocycles. The molecule has 0 radical (unpaired) electrons. The number of methoxy groups -OCH3 is 1. The number of thioether (sulfide) groups is 1. The van der Waals surface area contributed by atoms with Crippen LogP contribution in [0.5, 0.6) is 5.75 Å². The number of halogens is 1. The molecule has 0 unspecified atom stereocenters. The molecule has 1 aliphatic heterocycles. The second-order valence-electron chi connectivity index (χ2n) is 4.74. The number of carbonyl (C=O) groups excluding carboxylic acids is 1. The zero-order chi connectivity index (χ0) is 16.4. The quantitative estimate of drug-likeness (QED) is 0.615. The van der Waals surface area contributed by atoms with Crippen molar-refractivity contribution in [2.75, 3.05) is 12.0 Å². The van der Waals surface area contributed by atoms with Gasteiger partial charge < -0.3 is 4.74 Å². The number of anilines is 1. The lowest BCUT2D eigenvalue weighted by Crippen LogP contribution is -2.28. The lowest BCUT2D eigenvalue weighted by atomic mass is 10.2. The molecule has 1 aliphatic rings. The van der Waals surface area contributed by atoms with Crippen molar-refractivity contribution >= 4 is 46.0 Å². The molecule has 1 heterocycles. The van der Waals surface area contributed by atoms with E-state index >= 15 is 0 Å². The summed E-state index contributed by atoms with van der Waals surface area (Å²) in [7, 11) is 1.59.